The average Bonchev–Trinajstić information content (AvgIpc) is 2.98. The van der Waals surface area contributed by atoms with Crippen molar-refractivity contribution < 1.29 is 9.90 Å². The van der Waals surface area contributed by atoms with E-state index in [1.165, 1.54) is 0 Å². The molecule has 1 aromatic heterocycles. The van der Waals surface area contributed by atoms with E-state index in [0.717, 1.165) is 49.4 Å². The van der Waals surface area contributed by atoms with Crippen LogP contribution in [-0.2, 0) is 11.3 Å². The minimum atomic E-state index is -0.0119. The molecule has 0 aliphatic carbocycles. The summed E-state index contributed by atoms with van der Waals surface area (Å²) in [5, 5.41) is 14.5. The molecule has 7 heteroatoms. The van der Waals surface area contributed by atoms with Crippen LogP contribution in [0, 0.1) is 6.92 Å². The van der Waals surface area contributed by atoms with E-state index in [-0.39, 0.29) is 11.7 Å². The smallest absolute Gasteiger partial charge is 0.246 e. The SMILES string of the molecule is CCCCn1nc(C)c(/C=C/C(=O)N2CCN(c3ccc(O)cc3)CC2)c1Cl. The fraction of sp³-hybridized carbons (Fsp3) is 0.429. The van der Waals surface area contributed by atoms with Gasteiger partial charge in [-0.1, -0.05) is 24.9 Å². The Hall–Kier alpha value is -2.47. The Morgan fingerprint density at radius 3 is 2.54 bits per heavy atom. The molecule has 28 heavy (non-hydrogen) atoms. The number of hydrogen-bond donors (Lipinski definition) is 1. The summed E-state index contributed by atoms with van der Waals surface area (Å²) in [6.07, 6.45) is 5.47. The molecule has 1 amide bonds. The van der Waals surface area contributed by atoms with Crippen molar-refractivity contribution in [3.05, 3.63) is 46.8 Å². The summed E-state index contributed by atoms with van der Waals surface area (Å²) in [6, 6.07) is 7.16. The van der Waals surface area contributed by atoms with Crippen molar-refractivity contribution in [2.24, 2.45) is 0 Å². The highest BCUT2D eigenvalue weighted by Gasteiger charge is 2.20. The molecule has 1 aliphatic rings. The number of unbranched alkanes of at least 4 members (excludes halogenated alkanes) is 1. The Morgan fingerprint density at radius 2 is 1.89 bits per heavy atom. The Labute approximate surface area is 171 Å². The van der Waals surface area contributed by atoms with E-state index in [9.17, 15) is 9.90 Å². The van der Waals surface area contributed by atoms with Gasteiger partial charge in [0.15, 0.2) is 0 Å². The first-order valence-electron chi connectivity index (χ1n) is 9.73. The van der Waals surface area contributed by atoms with Crippen molar-refractivity contribution in [1.82, 2.24) is 14.7 Å². The van der Waals surface area contributed by atoms with Crippen molar-refractivity contribution in [2.75, 3.05) is 31.1 Å². The third-order valence-corrected chi connectivity index (χ3v) is 5.43. The van der Waals surface area contributed by atoms with E-state index in [2.05, 4.69) is 16.9 Å². The third kappa shape index (κ3) is 4.68. The molecule has 1 aliphatic heterocycles. The molecule has 1 saturated heterocycles. The molecule has 6 nitrogen and oxygen atoms in total. The number of aromatic hydroxyl groups is 1. The number of halogens is 1. The average molecular weight is 403 g/mol. The van der Waals surface area contributed by atoms with Gasteiger partial charge in [-0.15, -0.1) is 0 Å². The first-order chi connectivity index (χ1) is 13.5. The summed E-state index contributed by atoms with van der Waals surface area (Å²) in [6.45, 7) is 7.68. The van der Waals surface area contributed by atoms with Gasteiger partial charge < -0.3 is 14.9 Å². The van der Waals surface area contributed by atoms with Gasteiger partial charge in [0.1, 0.15) is 10.9 Å². The van der Waals surface area contributed by atoms with Crippen LogP contribution in [0.2, 0.25) is 5.15 Å². The molecule has 1 N–H and O–H groups in total. The van der Waals surface area contributed by atoms with Crippen LogP contribution >= 0.6 is 11.6 Å². The van der Waals surface area contributed by atoms with Gasteiger partial charge in [-0.3, -0.25) is 9.48 Å². The molecule has 0 radical (unpaired) electrons. The summed E-state index contributed by atoms with van der Waals surface area (Å²) in [7, 11) is 0. The van der Waals surface area contributed by atoms with Crippen LogP contribution in [-0.4, -0.2) is 51.9 Å². The van der Waals surface area contributed by atoms with Crippen LogP contribution in [0.3, 0.4) is 0 Å². The fourth-order valence-corrected chi connectivity index (χ4v) is 3.64. The van der Waals surface area contributed by atoms with Crippen molar-refractivity contribution in [1.29, 1.82) is 0 Å². The van der Waals surface area contributed by atoms with Gasteiger partial charge >= 0.3 is 0 Å². The molecular formula is C21H27ClN4O2. The largest absolute Gasteiger partial charge is 0.508 e. The van der Waals surface area contributed by atoms with Crippen LogP contribution in [0.5, 0.6) is 5.75 Å². The highest BCUT2D eigenvalue weighted by Crippen LogP contribution is 2.23. The summed E-state index contributed by atoms with van der Waals surface area (Å²) < 4.78 is 1.81. The lowest BCUT2D eigenvalue weighted by atomic mass is 10.2. The number of nitrogens with zero attached hydrogens (tertiary/aromatic N) is 4. The maximum Gasteiger partial charge on any atom is 0.246 e. The van der Waals surface area contributed by atoms with E-state index in [0.29, 0.717) is 18.2 Å². The van der Waals surface area contributed by atoms with E-state index in [1.807, 2.05) is 24.0 Å². The fourth-order valence-electron chi connectivity index (χ4n) is 3.32. The Kier molecular flexibility index (Phi) is 6.62. The molecule has 0 spiro atoms. The summed E-state index contributed by atoms with van der Waals surface area (Å²) in [4.78, 5) is 16.6. The van der Waals surface area contributed by atoms with Gasteiger partial charge in [-0.05, 0) is 43.7 Å². The molecule has 2 heterocycles. The van der Waals surface area contributed by atoms with Crippen molar-refractivity contribution in [3.63, 3.8) is 0 Å². The lowest BCUT2D eigenvalue weighted by Crippen LogP contribution is -2.48. The number of amides is 1. The van der Waals surface area contributed by atoms with Crippen molar-refractivity contribution >= 4 is 29.3 Å². The Morgan fingerprint density at radius 1 is 1.21 bits per heavy atom. The number of carbonyl (C=O) groups is 1. The van der Waals surface area contributed by atoms with Crippen LogP contribution in [0.1, 0.15) is 31.0 Å². The molecule has 2 aromatic rings. The highest BCUT2D eigenvalue weighted by atomic mass is 35.5. The quantitative estimate of drug-likeness (QED) is 0.748. The number of rotatable bonds is 6. The van der Waals surface area contributed by atoms with Crippen LogP contribution in [0.4, 0.5) is 5.69 Å². The second kappa shape index (κ2) is 9.15. The van der Waals surface area contributed by atoms with Gasteiger partial charge in [0.25, 0.3) is 0 Å². The molecule has 150 valence electrons. The van der Waals surface area contributed by atoms with Gasteiger partial charge in [0.05, 0.1) is 5.69 Å². The van der Waals surface area contributed by atoms with E-state index in [4.69, 9.17) is 11.6 Å². The van der Waals surface area contributed by atoms with E-state index < -0.39 is 0 Å². The van der Waals surface area contributed by atoms with Crippen LogP contribution in [0.25, 0.3) is 6.08 Å². The highest BCUT2D eigenvalue weighted by molar-refractivity contribution is 6.31. The Bertz CT molecular complexity index is 837. The summed E-state index contributed by atoms with van der Waals surface area (Å²) >= 11 is 6.43. The molecule has 0 bridgehead atoms. The first-order valence-corrected chi connectivity index (χ1v) is 10.1. The number of phenolic OH excluding ortho intramolecular Hbond substituents is 1. The van der Waals surface area contributed by atoms with Crippen molar-refractivity contribution in [3.8, 4) is 5.75 Å². The number of phenols is 1. The zero-order chi connectivity index (χ0) is 20.1. The second-order valence-electron chi connectivity index (χ2n) is 7.03. The Balaban J connectivity index is 1.58. The molecule has 3 rings (SSSR count). The standard InChI is InChI=1S/C21H27ClN4O2/c1-3-4-11-26-21(22)19(16(2)23-26)9-10-20(28)25-14-12-24(13-15-25)17-5-7-18(27)8-6-17/h5-10,27H,3-4,11-15H2,1-2H3/b10-9+. The van der Waals surface area contributed by atoms with E-state index in [1.54, 1.807) is 29.0 Å². The maximum atomic E-state index is 12.6. The second-order valence-corrected chi connectivity index (χ2v) is 7.39. The number of piperazine rings is 1. The summed E-state index contributed by atoms with van der Waals surface area (Å²) in [5.41, 5.74) is 2.71. The van der Waals surface area contributed by atoms with Crippen LogP contribution < -0.4 is 4.90 Å². The normalized spacial score (nSPS) is 14.8. The number of carbonyl (C=O) groups excluding carboxylic acids is 1. The zero-order valence-corrected chi connectivity index (χ0v) is 17.2. The van der Waals surface area contributed by atoms with Gasteiger partial charge in [0.2, 0.25) is 5.91 Å². The first kappa shape index (κ1) is 20.3. The number of aryl methyl sites for hydroxylation is 2. The molecule has 0 unspecified atom stereocenters. The number of anilines is 1. The monoisotopic (exact) mass is 402 g/mol. The number of hydrogen-bond acceptors (Lipinski definition) is 4. The molecule has 1 aromatic carbocycles. The molecule has 0 atom stereocenters. The summed E-state index contributed by atoms with van der Waals surface area (Å²) in [5.74, 6) is 0.247. The van der Waals surface area contributed by atoms with E-state index >= 15 is 0 Å². The predicted molar refractivity (Wildman–Crippen MR) is 113 cm³/mol. The lowest BCUT2D eigenvalue weighted by molar-refractivity contribution is -0.126. The topological polar surface area (TPSA) is 61.6 Å². The molecule has 0 saturated carbocycles. The van der Waals surface area contributed by atoms with Crippen molar-refractivity contribution in [2.45, 2.75) is 33.2 Å². The predicted octanol–water partition coefficient (Wildman–Crippen LogP) is 3.71. The zero-order valence-electron chi connectivity index (χ0n) is 16.4. The lowest BCUT2D eigenvalue weighted by Gasteiger charge is -2.35. The van der Waals surface area contributed by atoms with Gasteiger partial charge in [-0.25, -0.2) is 0 Å². The maximum absolute atomic E-state index is 12.6. The molecular weight excluding hydrogens is 376 g/mol. The molecule has 1 fully saturated rings. The minimum absolute atomic E-state index is 0.0119. The number of benzene rings is 1. The third-order valence-electron chi connectivity index (χ3n) is 5.03. The van der Waals surface area contributed by atoms with Gasteiger partial charge in [-0.2, -0.15) is 5.10 Å². The number of aromatic nitrogens is 2. The minimum Gasteiger partial charge on any atom is -0.508 e. The van der Waals surface area contributed by atoms with Gasteiger partial charge in [0, 0.05) is 50.1 Å². The van der Waals surface area contributed by atoms with Crippen LogP contribution in [0.15, 0.2) is 30.3 Å².